The summed E-state index contributed by atoms with van der Waals surface area (Å²) in [5.74, 6) is -1.95. The van der Waals surface area contributed by atoms with Crippen molar-refractivity contribution in [2.24, 2.45) is 28.1 Å². The molecule has 0 bridgehead atoms. The van der Waals surface area contributed by atoms with E-state index in [2.05, 4.69) is 6.92 Å². The molecule has 9 nitrogen and oxygen atoms in total. The highest BCUT2D eigenvalue weighted by atomic mass is 16.6. The van der Waals surface area contributed by atoms with Crippen LogP contribution in [0.15, 0.2) is 11.6 Å². The molecule has 0 saturated heterocycles. The molecule has 0 spiro atoms. The molecule has 2 fully saturated rings. The van der Waals surface area contributed by atoms with Crippen molar-refractivity contribution >= 4 is 23.9 Å². The van der Waals surface area contributed by atoms with Crippen LogP contribution < -0.4 is 0 Å². The number of hydrogen-bond donors (Lipinski definition) is 1. The van der Waals surface area contributed by atoms with Crippen LogP contribution in [0.4, 0.5) is 0 Å². The van der Waals surface area contributed by atoms with E-state index in [0.717, 1.165) is 6.42 Å². The van der Waals surface area contributed by atoms with Crippen molar-refractivity contribution in [2.75, 3.05) is 19.8 Å². The molecule has 1 aliphatic heterocycles. The molecule has 0 aromatic heterocycles. The Kier molecular flexibility index (Phi) is 8.23. The monoisotopic (exact) mass is 508 g/mol. The van der Waals surface area contributed by atoms with E-state index in [4.69, 9.17) is 18.9 Å². The Morgan fingerprint density at radius 3 is 2.31 bits per heavy atom. The number of aliphatic hydroxyl groups excluding tert-OH is 1. The number of carbonyl (C=O) groups is 4. The third-order valence-corrected chi connectivity index (χ3v) is 9.03. The van der Waals surface area contributed by atoms with Crippen LogP contribution in [-0.2, 0) is 38.1 Å². The smallest absolute Gasteiger partial charge is 0.337 e. The first-order valence-corrected chi connectivity index (χ1v) is 12.7. The number of ether oxygens (including phenoxy) is 4. The Morgan fingerprint density at radius 1 is 1.08 bits per heavy atom. The van der Waals surface area contributed by atoms with Crippen molar-refractivity contribution in [3.8, 4) is 0 Å². The van der Waals surface area contributed by atoms with Gasteiger partial charge in [-0.3, -0.25) is 14.4 Å². The average molecular weight is 509 g/mol. The first-order valence-electron chi connectivity index (χ1n) is 12.7. The van der Waals surface area contributed by atoms with Gasteiger partial charge in [-0.1, -0.05) is 20.8 Å². The summed E-state index contributed by atoms with van der Waals surface area (Å²) >= 11 is 0. The largest absolute Gasteiger partial charge is 0.465 e. The zero-order valence-electron chi connectivity index (χ0n) is 22.3. The van der Waals surface area contributed by atoms with E-state index >= 15 is 0 Å². The Labute approximate surface area is 212 Å². The molecule has 1 N–H and O–H groups in total. The SMILES string of the molecule is CC(=O)OC[C@@]1(C)C(OC(C)=O)CC[C@]2(C)[C@H](CC(OC(C)=O)C3=CCOC3=O)[C@](C)(CO)CC[C@H]21. The first-order chi connectivity index (χ1) is 16.8. The fourth-order valence-electron chi connectivity index (χ4n) is 7.32. The predicted molar refractivity (Wildman–Crippen MR) is 128 cm³/mol. The lowest BCUT2D eigenvalue weighted by Gasteiger charge is -2.64. The Bertz CT molecular complexity index is 926. The number of aliphatic hydroxyl groups is 1. The van der Waals surface area contributed by atoms with Crippen LogP contribution in [0.2, 0.25) is 0 Å². The number of fused-ring (bicyclic) bond motifs is 1. The van der Waals surface area contributed by atoms with Gasteiger partial charge in [0.05, 0.1) is 5.57 Å². The Hall–Kier alpha value is -2.42. The van der Waals surface area contributed by atoms with Crippen molar-refractivity contribution < 1.29 is 43.2 Å². The van der Waals surface area contributed by atoms with Crippen molar-refractivity contribution in [3.05, 3.63) is 11.6 Å². The second kappa shape index (κ2) is 10.5. The lowest BCUT2D eigenvalue weighted by Crippen LogP contribution is -2.62. The van der Waals surface area contributed by atoms with Gasteiger partial charge < -0.3 is 24.1 Å². The predicted octanol–water partition coefficient (Wildman–Crippen LogP) is 3.12. The molecule has 0 aromatic rings. The molecule has 9 heteroatoms. The van der Waals surface area contributed by atoms with E-state index in [1.54, 1.807) is 6.08 Å². The summed E-state index contributed by atoms with van der Waals surface area (Å²) < 4.78 is 22.0. The number of carbonyl (C=O) groups excluding carboxylic acids is 4. The molecule has 3 aliphatic rings. The molecule has 0 aromatic carbocycles. The standard InChI is InChI=1S/C27H40O9/c1-16(29)34-15-27(6)21-7-10-25(4,14-28)22(26(21,5)11-8-23(27)36-18(3)31)13-20(35-17(2)30)19-9-12-33-24(19)32/h9,20-23,28H,7-8,10-15H2,1-6H3/t20?,21-,22-,23?,25+,26+,27-/m1/s1. The van der Waals surface area contributed by atoms with Crippen molar-refractivity contribution in [1.29, 1.82) is 0 Å². The van der Waals surface area contributed by atoms with E-state index < -0.39 is 40.9 Å². The number of esters is 4. The van der Waals surface area contributed by atoms with E-state index in [9.17, 15) is 24.3 Å². The molecule has 202 valence electrons. The maximum absolute atomic E-state index is 12.4. The van der Waals surface area contributed by atoms with Crippen molar-refractivity contribution in [2.45, 2.75) is 85.9 Å². The second-order valence-corrected chi connectivity index (χ2v) is 11.5. The van der Waals surface area contributed by atoms with Gasteiger partial charge in [0.1, 0.15) is 25.4 Å². The fraction of sp³-hybridized carbons (Fsp3) is 0.778. The summed E-state index contributed by atoms with van der Waals surface area (Å²) in [5, 5.41) is 10.6. The maximum atomic E-state index is 12.4. The van der Waals surface area contributed by atoms with E-state index in [1.165, 1.54) is 20.8 Å². The molecular weight excluding hydrogens is 468 g/mol. The Balaban J connectivity index is 2.04. The molecule has 2 unspecified atom stereocenters. The van der Waals surface area contributed by atoms with Gasteiger partial charge in [-0.05, 0) is 60.8 Å². The molecule has 2 aliphatic carbocycles. The van der Waals surface area contributed by atoms with Gasteiger partial charge in [0, 0.05) is 32.8 Å². The lowest BCUT2D eigenvalue weighted by atomic mass is 9.42. The molecule has 36 heavy (non-hydrogen) atoms. The molecule has 2 saturated carbocycles. The summed E-state index contributed by atoms with van der Waals surface area (Å²) in [6.07, 6.45) is 3.44. The molecule has 0 radical (unpaired) electrons. The normalized spacial score (nSPS) is 36.7. The fourth-order valence-corrected chi connectivity index (χ4v) is 7.32. The molecule has 1 heterocycles. The van der Waals surface area contributed by atoms with Gasteiger partial charge in [0.15, 0.2) is 0 Å². The summed E-state index contributed by atoms with van der Waals surface area (Å²) in [6, 6.07) is 0. The highest BCUT2D eigenvalue weighted by Crippen LogP contribution is 2.66. The molecular formula is C27H40O9. The van der Waals surface area contributed by atoms with Gasteiger partial charge in [0.25, 0.3) is 0 Å². The van der Waals surface area contributed by atoms with Crippen LogP contribution in [0.25, 0.3) is 0 Å². The molecule has 7 atom stereocenters. The average Bonchev–Trinajstić information content (AvgIpc) is 3.21. The number of cyclic esters (lactones) is 1. The number of rotatable bonds is 8. The minimum Gasteiger partial charge on any atom is -0.465 e. The zero-order valence-corrected chi connectivity index (χ0v) is 22.3. The van der Waals surface area contributed by atoms with Crippen LogP contribution in [0.3, 0.4) is 0 Å². The zero-order chi connectivity index (χ0) is 26.9. The van der Waals surface area contributed by atoms with Gasteiger partial charge in [0.2, 0.25) is 0 Å². The van der Waals surface area contributed by atoms with E-state index in [1.807, 2.05) is 13.8 Å². The van der Waals surface area contributed by atoms with Gasteiger partial charge in [-0.15, -0.1) is 0 Å². The highest BCUT2D eigenvalue weighted by molar-refractivity contribution is 5.92. The van der Waals surface area contributed by atoms with Gasteiger partial charge >= 0.3 is 23.9 Å². The summed E-state index contributed by atoms with van der Waals surface area (Å²) in [4.78, 5) is 48.1. The molecule has 0 amide bonds. The first kappa shape index (κ1) is 28.2. The molecule has 3 rings (SSSR count). The van der Waals surface area contributed by atoms with Crippen molar-refractivity contribution in [3.63, 3.8) is 0 Å². The van der Waals surface area contributed by atoms with Crippen LogP contribution in [0.1, 0.15) is 73.6 Å². The van der Waals surface area contributed by atoms with Crippen LogP contribution >= 0.6 is 0 Å². The minimum atomic E-state index is -0.796. The lowest BCUT2D eigenvalue weighted by molar-refractivity contribution is -0.215. The minimum absolute atomic E-state index is 0.0189. The topological polar surface area (TPSA) is 125 Å². The third-order valence-electron chi connectivity index (χ3n) is 9.03. The van der Waals surface area contributed by atoms with Crippen LogP contribution in [0, 0.1) is 28.1 Å². The highest BCUT2D eigenvalue weighted by Gasteiger charge is 2.63. The summed E-state index contributed by atoms with van der Waals surface area (Å²) in [5.41, 5.74) is -1.21. The summed E-state index contributed by atoms with van der Waals surface area (Å²) in [7, 11) is 0. The van der Waals surface area contributed by atoms with E-state index in [-0.39, 0.29) is 43.0 Å². The van der Waals surface area contributed by atoms with Gasteiger partial charge in [-0.25, -0.2) is 4.79 Å². The maximum Gasteiger partial charge on any atom is 0.337 e. The Morgan fingerprint density at radius 2 is 1.78 bits per heavy atom. The third kappa shape index (κ3) is 5.31. The van der Waals surface area contributed by atoms with Crippen molar-refractivity contribution in [1.82, 2.24) is 0 Å². The summed E-state index contributed by atoms with van der Waals surface area (Å²) in [6.45, 7) is 10.4. The number of hydrogen-bond acceptors (Lipinski definition) is 9. The van der Waals surface area contributed by atoms with Gasteiger partial charge in [-0.2, -0.15) is 0 Å². The van der Waals surface area contributed by atoms with Crippen LogP contribution in [-0.4, -0.2) is 61.0 Å². The quantitative estimate of drug-likeness (QED) is 0.389. The second-order valence-electron chi connectivity index (χ2n) is 11.5. The van der Waals surface area contributed by atoms with E-state index in [0.29, 0.717) is 31.3 Å². The van der Waals surface area contributed by atoms with Crippen LogP contribution in [0.5, 0.6) is 0 Å².